The van der Waals surface area contributed by atoms with Crippen molar-refractivity contribution < 1.29 is 23.1 Å². The second-order valence-corrected chi connectivity index (χ2v) is 8.88. The molecule has 2 heterocycles. The number of halogens is 1. The second-order valence-electron chi connectivity index (χ2n) is 8.88. The van der Waals surface area contributed by atoms with E-state index in [-0.39, 0.29) is 11.9 Å². The van der Waals surface area contributed by atoms with E-state index in [1.807, 2.05) is 45.0 Å². The van der Waals surface area contributed by atoms with Crippen molar-refractivity contribution in [3.8, 4) is 17.2 Å². The fourth-order valence-corrected chi connectivity index (χ4v) is 3.54. The molecule has 1 aliphatic rings. The molecule has 1 aromatic heterocycles. The van der Waals surface area contributed by atoms with Crippen molar-refractivity contribution in [2.24, 2.45) is 5.92 Å². The third-order valence-electron chi connectivity index (χ3n) is 5.20. The summed E-state index contributed by atoms with van der Waals surface area (Å²) in [5.41, 5.74) is 1.37. The third-order valence-corrected chi connectivity index (χ3v) is 5.20. The van der Waals surface area contributed by atoms with Gasteiger partial charge in [0, 0.05) is 24.7 Å². The molecule has 6 nitrogen and oxygen atoms in total. The number of rotatable bonds is 4. The Bertz CT molecular complexity index is 1050. The highest BCUT2D eigenvalue weighted by atomic mass is 19.1. The summed E-state index contributed by atoms with van der Waals surface area (Å²) in [7, 11) is 0. The maximum Gasteiger partial charge on any atom is 0.410 e. The first-order chi connectivity index (χ1) is 14.8. The Balaban J connectivity index is 1.28. The van der Waals surface area contributed by atoms with Gasteiger partial charge < -0.3 is 18.8 Å². The molecule has 0 atom stereocenters. The summed E-state index contributed by atoms with van der Waals surface area (Å²) in [6.45, 7) is 7.59. The lowest BCUT2D eigenvalue weighted by Crippen LogP contribution is -2.42. The van der Waals surface area contributed by atoms with Crippen molar-refractivity contribution in [2.45, 2.75) is 39.2 Å². The van der Waals surface area contributed by atoms with E-state index in [1.165, 1.54) is 12.1 Å². The number of aromatic nitrogens is 1. The van der Waals surface area contributed by atoms with Crippen molar-refractivity contribution in [1.82, 2.24) is 9.88 Å². The number of hydrogen-bond acceptors (Lipinski definition) is 5. The number of ether oxygens (including phenoxy) is 2. The molecule has 31 heavy (non-hydrogen) atoms. The van der Waals surface area contributed by atoms with Crippen molar-refractivity contribution in [2.75, 3.05) is 19.7 Å². The van der Waals surface area contributed by atoms with E-state index in [1.54, 1.807) is 11.0 Å². The number of hydrogen-bond donors (Lipinski definition) is 0. The highest BCUT2D eigenvalue weighted by Gasteiger charge is 2.27. The van der Waals surface area contributed by atoms with Crippen molar-refractivity contribution in [3.63, 3.8) is 0 Å². The minimum absolute atomic E-state index is 0.246. The summed E-state index contributed by atoms with van der Waals surface area (Å²) in [5, 5.41) is 0. The highest BCUT2D eigenvalue weighted by molar-refractivity contribution is 5.76. The molecule has 1 amide bonds. The average molecular weight is 426 g/mol. The van der Waals surface area contributed by atoms with Crippen LogP contribution in [-0.2, 0) is 4.74 Å². The molecule has 3 aromatic rings. The van der Waals surface area contributed by atoms with E-state index in [0.29, 0.717) is 42.6 Å². The Labute approximate surface area is 181 Å². The van der Waals surface area contributed by atoms with Crippen LogP contribution in [0.15, 0.2) is 46.9 Å². The van der Waals surface area contributed by atoms with Gasteiger partial charge in [-0.25, -0.2) is 14.2 Å². The summed E-state index contributed by atoms with van der Waals surface area (Å²) in [6.07, 6.45) is 1.53. The van der Waals surface area contributed by atoms with Crippen LogP contribution in [0.1, 0.15) is 33.6 Å². The predicted octanol–water partition coefficient (Wildman–Crippen LogP) is 5.66. The smallest absolute Gasteiger partial charge is 0.410 e. The van der Waals surface area contributed by atoms with Crippen LogP contribution in [0.4, 0.5) is 9.18 Å². The van der Waals surface area contributed by atoms with E-state index in [2.05, 4.69) is 4.98 Å². The first-order valence-corrected chi connectivity index (χ1v) is 10.5. The molecule has 2 aromatic carbocycles. The minimum atomic E-state index is -0.475. The number of carbonyl (C=O) groups is 1. The van der Waals surface area contributed by atoms with Gasteiger partial charge in [-0.15, -0.1) is 0 Å². The minimum Gasteiger partial charge on any atom is -0.493 e. The Morgan fingerprint density at radius 1 is 1.16 bits per heavy atom. The molecule has 0 N–H and O–H groups in total. The van der Waals surface area contributed by atoms with Gasteiger partial charge >= 0.3 is 6.09 Å². The summed E-state index contributed by atoms with van der Waals surface area (Å²) in [5.74, 6) is 1.26. The van der Waals surface area contributed by atoms with Crippen LogP contribution >= 0.6 is 0 Å². The van der Waals surface area contributed by atoms with Gasteiger partial charge in [-0.1, -0.05) is 0 Å². The maximum atomic E-state index is 13.3. The Kier molecular flexibility index (Phi) is 5.85. The van der Waals surface area contributed by atoms with Gasteiger partial charge in [0.05, 0.1) is 6.61 Å². The standard InChI is InChI=1S/C24H27FN2O4/c1-24(2,3)31-23(28)27-12-10-16(11-13-27)15-29-19-7-4-17(5-8-19)22-26-20-14-18(25)6-9-21(20)30-22/h4-9,14,16H,10-13,15H2,1-3H3. The molecule has 1 aliphatic heterocycles. The highest BCUT2D eigenvalue weighted by Crippen LogP contribution is 2.27. The number of carbonyl (C=O) groups excluding carboxylic acids is 1. The van der Waals surface area contributed by atoms with Crippen LogP contribution in [0.25, 0.3) is 22.6 Å². The normalized spacial score (nSPS) is 15.3. The number of likely N-dealkylation sites (tertiary alicyclic amines) is 1. The van der Waals surface area contributed by atoms with E-state index >= 15 is 0 Å². The number of piperidine rings is 1. The number of oxazole rings is 1. The summed E-state index contributed by atoms with van der Waals surface area (Å²) in [6, 6.07) is 11.8. The van der Waals surface area contributed by atoms with E-state index in [9.17, 15) is 9.18 Å². The molecular formula is C24H27FN2O4. The van der Waals surface area contributed by atoms with Gasteiger partial charge in [0.15, 0.2) is 5.58 Å². The topological polar surface area (TPSA) is 64.8 Å². The van der Waals surface area contributed by atoms with Crippen LogP contribution in [-0.4, -0.2) is 41.3 Å². The molecule has 1 saturated heterocycles. The van der Waals surface area contributed by atoms with Crippen LogP contribution in [0, 0.1) is 11.7 Å². The maximum absolute atomic E-state index is 13.3. The Morgan fingerprint density at radius 3 is 2.55 bits per heavy atom. The van der Waals surface area contributed by atoms with Gasteiger partial charge in [-0.2, -0.15) is 0 Å². The monoisotopic (exact) mass is 426 g/mol. The molecule has 0 saturated carbocycles. The lowest BCUT2D eigenvalue weighted by atomic mass is 9.98. The zero-order valence-electron chi connectivity index (χ0n) is 18.1. The van der Waals surface area contributed by atoms with Gasteiger partial charge in [-0.05, 0) is 75.9 Å². The SMILES string of the molecule is CC(C)(C)OC(=O)N1CCC(COc2ccc(-c3nc4cc(F)ccc4o3)cc2)CC1. The summed E-state index contributed by atoms with van der Waals surface area (Å²) < 4.78 is 30.4. The first-order valence-electron chi connectivity index (χ1n) is 10.5. The van der Waals surface area contributed by atoms with Crippen LogP contribution < -0.4 is 4.74 Å². The fourth-order valence-electron chi connectivity index (χ4n) is 3.54. The van der Waals surface area contributed by atoms with Crippen LogP contribution in [0.3, 0.4) is 0 Å². The van der Waals surface area contributed by atoms with Crippen LogP contribution in [0.5, 0.6) is 5.75 Å². The van der Waals surface area contributed by atoms with E-state index in [0.717, 1.165) is 24.2 Å². The van der Waals surface area contributed by atoms with Gasteiger partial charge in [0.1, 0.15) is 22.7 Å². The van der Waals surface area contributed by atoms with Gasteiger partial charge in [0.25, 0.3) is 0 Å². The van der Waals surface area contributed by atoms with Crippen molar-refractivity contribution in [1.29, 1.82) is 0 Å². The second kappa shape index (κ2) is 8.57. The molecule has 164 valence electrons. The molecule has 0 spiro atoms. The molecule has 1 fully saturated rings. The predicted molar refractivity (Wildman–Crippen MR) is 115 cm³/mol. The molecular weight excluding hydrogens is 399 g/mol. The fraction of sp³-hybridized carbons (Fsp3) is 0.417. The van der Waals surface area contributed by atoms with Gasteiger partial charge in [-0.3, -0.25) is 0 Å². The lowest BCUT2D eigenvalue weighted by molar-refractivity contribution is 0.0165. The quantitative estimate of drug-likeness (QED) is 0.539. The number of fused-ring (bicyclic) bond motifs is 1. The molecule has 0 unspecified atom stereocenters. The molecule has 4 rings (SSSR count). The third kappa shape index (κ3) is 5.34. The van der Waals surface area contributed by atoms with Crippen LogP contribution in [0.2, 0.25) is 0 Å². The van der Waals surface area contributed by atoms with Gasteiger partial charge in [0.2, 0.25) is 5.89 Å². The molecule has 0 aliphatic carbocycles. The van der Waals surface area contributed by atoms with Crippen molar-refractivity contribution >= 4 is 17.2 Å². The number of nitrogens with zero attached hydrogens (tertiary/aromatic N) is 2. The molecule has 0 bridgehead atoms. The first kappa shape index (κ1) is 21.2. The number of benzene rings is 2. The summed E-state index contributed by atoms with van der Waals surface area (Å²) >= 11 is 0. The van der Waals surface area contributed by atoms with E-state index in [4.69, 9.17) is 13.9 Å². The summed E-state index contributed by atoms with van der Waals surface area (Å²) in [4.78, 5) is 18.3. The average Bonchev–Trinajstić information content (AvgIpc) is 3.15. The zero-order valence-corrected chi connectivity index (χ0v) is 18.1. The Morgan fingerprint density at radius 2 is 1.87 bits per heavy atom. The zero-order chi connectivity index (χ0) is 22.0. The largest absolute Gasteiger partial charge is 0.493 e. The Hall–Kier alpha value is -3.09. The lowest BCUT2D eigenvalue weighted by Gasteiger charge is -2.33. The van der Waals surface area contributed by atoms with Crippen molar-refractivity contribution in [3.05, 3.63) is 48.3 Å². The van der Waals surface area contributed by atoms with E-state index < -0.39 is 5.60 Å². The number of amides is 1. The molecule has 0 radical (unpaired) electrons. The molecule has 7 heteroatoms.